The average Bonchev–Trinajstić information content (AvgIpc) is 2.46. The van der Waals surface area contributed by atoms with Gasteiger partial charge in [-0.05, 0) is 24.3 Å². The molecular weight excluding hydrogens is 247 g/mol. The number of carbonyl (C=O) groups excluding carboxylic acids is 2. The number of piperazine rings is 1. The number of rotatable bonds is 5. The Hall–Kier alpha value is -1.75. The van der Waals surface area contributed by atoms with Gasteiger partial charge in [-0.15, -0.1) is 0 Å². The summed E-state index contributed by atoms with van der Waals surface area (Å²) < 4.78 is 12.7. The standard InChI is InChI=1S/C14H17FN2O2/c15-13-3-1-12(2-4-13)14(19)5-6-16-7-9-17(11-18)10-8-16/h1-4,11H,5-10H2. The van der Waals surface area contributed by atoms with Crippen LogP contribution in [-0.2, 0) is 4.79 Å². The molecule has 1 aromatic carbocycles. The molecule has 1 aliphatic heterocycles. The highest BCUT2D eigenvalue weighted by molar-refractivity contribution is 5.96. The van der Waals surface area contributed by atoms with Crippen molar-refractivity contribution in [2.45, 2.75) is 6.42 Å². The second kappa shape index (κ2) is 6.43. The molecule has 0 bridgehead atoms. The van der Waals surface area contributed by atoms with Crippen LogP contribution < -0.4 is 0 Å². The molecule has 2 rings (SSSR count). The van der Waals surface area contributed by atoms with E-state index < -0.39 is 0 Å². The molecule has 0 spiro atoms. The van der Waals surface area contributed by atoms with Crippen molar-refractivity contribution in [3.05, 3.63) is 35.6 Å². The molecule has 1 amide bonds. The molecule has 0 N–H and O–H groups in total. The van der Waals surface area contributed by atoms with Gasteiger partial charge in [0.2, 0.25) is 6.41 Å². The van der Waals surface area contributed by atoms with Crippen LogP contribution in [0.4, 0.5) is 4.39 Å². The van der Waals surface area contributed by atoms with Crippen LogP contribution in [0.15, 0.2) is 24.3 Å². The molecule has 0 saturated carbocycles. The maximum absolute atomic E-state index is 12.7. The SMILES string of the molecule is O=CN1CCN(CCC(=O)c2ccc(F)cc2)CC1. The van der Waals surface area contributed by atoms with E-state index in [4.69, 9.17) is 0 Å². The van der Waals surface area contributed by atoms with Crippen molar-refractivity contribution in [1.29, 1.82) is 0 Å². The molecule has 1 aromatic rings. The predicted octanol–water partition coefficient (Wildman–Crippen LogP) is 1.17. The second-order valence-electron chi connectivity index (χ2n) is 4.66. The maximum Gasteiger partial charge on any atom is 0.209 e. The topological polar surface area (TPSA) is 40.6 Å². The lowest BCUT2D eigenvalue weighted by molar-refractivity contribution is -0.119. The van der Waals surface area contributed by atoms with Crippen LogP contribution in [0.2, 0.25) is 0 Å². The molecule has 1 aliphatic rings. The minimum absolute atomic E-state index is 0.0258. The number of carbonyl (C=O) groups is 2. The van der Waals surface area contributed by atoms with Gasteiger partial charge in [-0.2, -0.15) is 0 Å². The van der Waals surface area contributed by atoms with Gasteiger partial charge in [0.15, 0.2) is 5.78 Å². The number of nitrogens with zero attached hydrogens (tertiary/aromatic N) is 2. The van der Waals surface area contributed by atoms with Crippen molar-refractivity contribution < 1.29 is 14.0 Å². The van der Waals surface area contributed by atoms with E-state index in [1.807, 2.05) is 0 Å². The highest BCUT2D eigenvalue weighted by atomic mass is 19.1. The fourth-order valence-electron chi connectivity index (χ4n) is 2.13. The summed E-state index contributed by atoms with van der Waals surface area (Å²) in [5.41, 5.74) is 0.549. The first-order chi connectivity index (χ1) is 9.19. The average molecular weight is 264 g/mol. The third-order valence-corrected chi connectivity index (χ3v) is 3.38. The summed E-state index contributed by atoms with van der Waals surface area (Å²) in [4.78, 5) is 26.4. The van der Waals surface area contributed by atoms with E-state index in [0.717, 1.165) is 19.5 Å². The van der Waals surface area contributed by atoms with Crippen molar-refractivity contribution in [2.24, 2.45) is 0 Å². The Labute approximate surface area is 111 Å². The zero-order valence-electron chi connectivity index (χ0n) is 10.7. The third kappa shape index (κ3) is 3.86. The fourth-order valence-corrected chi connectivity index (χ4v) is 2.13. The number of Topliss-reactive ketones (excluding diaryl/α,β-unsaturated/α-hetero) is 1. The number of hydrogen-bond acceptors (Lipinski definition) is 3. The van der Waals surface area contributed by atoms with Crippen molar-refractivity contribution in [1.82, 2.24) is 9.80 Å². The van der Waals surface area contributed by atoms with Crippen LogP contribution >= 0.6 is 0 Å². The fraction of sp³-hybridized carbons (Fsp3) is 0.429. The summed E-state index contributed by atoms with van der Waals surface area (Å²) in [6, 6.07) is 5.64. The number of benzene rings is 1. The maximum atomic E-state index is 12.7. The lowest BCUT2D eigenvalue weighted by atomic mass is 10.1. The van der Waals surface area contributed by atoms with Crippen LogP contribution in [0.25, 0.3) is 0 Å². The molecule has 5 heteroatoms. The van der Waals surface area contributed by atoms with Crippen LogP contribution in [0.1, 0.15) is 16.8 Å². The molecule has 0 aromatic heterocycles. The molecule has 102 valence electrons. The van der Waals surface area contributed by atoms with Gasteiger partial charge in [-0.25, -0.2) is 4.39 Å². The third-order valence-electron chi connectivity index (χ3n) is 3.38. The smallest absolute Gasteiger partial charge is 0.209 e. The van der Waals surface area contributed by atoms with Crippen molar-refractivity contribution >= 4 is 12.2 Å². The first-order valence-electron chi connectivity index (χ1n) is 6.39. The van der Waals surface area contributed by atoms with E-state index in [0.29, 0.717) is 31.6 Å². The minimum atomic E-state index is -0.332. The molecule has 1 fully saturated rings. The first-order valence-corrected chi connectivity index (χ1v) is 6.39. The molecule has 1 heterocycles. The summed E-state index contributed by atoms with van der Waals surface area (Å²) in [6.07, 6.45) is 1.29. The molecule has 1 saturated heterocycles. The van der Waals surface area contributed by atoms with E-state index in [-0.39, 0.29) is 11.6 Å². The molecule has 0 unspecified atom stereocenters. The quantitative estimate of drug-likeness (QED) is 0.592. The van der Waals surface area contributed by atoms with Crippen molar-refractivity contribution in [2.75, 3.05) is 32.7 Å². The van der Waals surface area contributed by atoms with Gasteiger partial charge in [0.05, 0.1) is 0 Å². The number of amides is 1. The summed E-state index contributed by atoms with van der Waals surface area (Å²) >= 11 is 0. The van der Waals surface area contributed by atoms with Crippen LogP contribution in [0.5, 0.6) is 0 Å². The van der Waals surface area contributed by atoms with Gasteiger partial charge < -0.3 is 4.90 Å². The lowest BCUT2D eigenvalue weighted by Gasteiger charge is -2.32. The lowest BCUT2D eigenvalue weighted by Crippen LogP contribution is -2.46. The van der Waals surface area contributed by atoms with E-state index in [1.165, 1.54) is 24.3 Å². The number of halogens is 1. The Morgan fingerprint density at radius 2 is 1.79 bits per heavy atom. The van der Waals surface area contributed by atoms with Crippen molar-refractivity contribution in [3.63, 3.8) is 0 Å². The highest BCUT2D eigenvalue weighted by Crippen LogP contribution is 2.07. The molecular formula is C14H17FN2O2. The van der Waals surface area contributed by atoms with Gasteiger partial charge in [0, 0.05) is 44.7 Å². The summed E-state index contributed by atoms with van der Waals surface area (Å²) in [7, 11) is 0. The molecule has 0 atom stereocenters. The van der Waals surface area contributed by atoms with E-state index in [2.05, 4.69) is 4.90 Å². The van der Waals surface area contributed by atoms with Gasteiger partial charge in [0.25, 0.3) is 0 Å². The molecule has 4 nitrogen and oxygen atoms in total. The molecule has 0 radical (unpaired) electrons. The largest absolute Gasteiger partial charge is 0.343 e. The van der Waals surface area contributed by atoms with Gasteiger partial charge >= 0.3 is 0 Å². The van der Waals surface area contributed by atoms with E-state index >= 15 is 0 Å². The summed E-state index contributed by atoms with van der Waals surface area (Å²) in [5.74, 6) is -0.306. The van der Waals surface area contributed by atoms with Crippen molar-refractivity contribution in [3.8, 4) is 0 Å². The zero-order valence-corrected chi connectivity index (χ0v) is 10.7. The van der Waals surface area contributed by atoms with Crippen LogP contribution in [0, 0.1) is 5.82 Å². The zero-order chi connectivity index (χ0) is 13.7. The Morgan fingerprint density at radius 1 is 1.16 bits per heavy atom. The van der Waals surface area contributed by atoms with Gasteiger partial charge in [0.1, 0.15) is 5.82 Å². The highest BCUT2D eigenvalue weighted by Gasteiger charge is 2.16. The Balaban J connectivity index is 1.78. The Kier molecular flexibility index (Phi) is 4.63. The van der Waals surface area contributed by atoms with E-state index in [1.54, 1.807) is 4.90 Å². The monoisotopic (exact) mass is 264 g/mol. The van der Waals surface area contributed by atoms with Gasteiger partial charge in [-0.1, -0.05) is 0 Å². The first kappa shape index (κ1) is 13.7. The number of ketones is 1. The van der Waals surface area contributed by atoms with Gasteiger partial charge in [-0.3, -0.25) is 14.5 Å². The predicted molar refractivity (Wildman–Crippen MR) is 69.4 cm³/mol. The van der Waals surface area contributed by atoms with E-state index in [9.17, 15) is 14.0 Å². The minimum Gasteiger partial charge on any atom is -0.343 e. The normalized spacial score (nSPS) is 16.4. The Bertz CT molecular complexity index is 439. The summed E-state index contributed by atoms with van der Waals surface area (Å²) in [6.45, 7) is 3.72. The second-order valence-corrected chi connectivity index (χ2v) is 4.66. The molecule has 19 heavy (non-hydrogen) atoms. The van der Waals surface area contributed by atoms with Crippen LogP contribution in [0.3, 0.4) is 0 Å². The Morgan fingerprint density at radius 3 is 2.37 bits per heavy atom. The molecule has 0 aliphatic carbocycles. The summed E-state index contributed by atoms with van der Waals surface area (Å²) in [5, 5.41) is 0. The number of hydrogen-bond donors (Lipinski definition) is 0. The van der Waals surface area contributed by atoms with Crippen LogP contribution in [-0.4, -0.2) is 54.7 Å².